The molecule has 0 spiro atoms. The molecular formula is C16H17N5S. The van der Waals surface area contributed by atoms with Gasteiger partial charge in [0.15, 0.2) is 0 Å². The van der Waals surface area contributed by atoms with Gasteiger partial charge in [-0.1, -0.05) is 0 Å². The minimum absolute atomic E-state index is 0.688. The second kappa shape index (κ2) is 4.52. The van der Waals surface area contributed by atoms with E-state index in [0.29, 0.717) is 5.92 Å². The molecule has 1 saturated carbocycles. The number of anilines is 1. The summed E-state index contributed by atoms with van der Waals surface area (Å²) in [7, 11) is 0. The van der Waals surface area contributed by atoms with Gasteiger partial charge in [-0.05, 0) is 31.2 Å². The van der Waals surface area contributed by atoms with Crippen LogP contribution in [0.5, 0.6) is 0 Å². The molecule has 0 bridgehead atoms. The van der Waals surface area contributed by atoms with Crippen LogP contribution in [-0.2, 0) is 13.0 Å². The molecule has 22 heavy (non-hydrogen) atoms. The Balaban J connectivity index is 1.58. The van der Waals surface area contributed by atoms with Crippen LogP contribution in [0, 0.1) is 6.92 Å². The fourth-order valence-electron chi connectivity index (χ4n) is 3.38. The van der Waals surface area contributed by atoms with E-state index in [4.69, 9.17) is 4.98 Å². The molecule has 1 aliphatic carbocycles. The quantitative estimate of drug-likeness (QED) is 0.790. The van der Waals surface area contributed by atoms with Crippen LogP contribution in [0.2, 0.25) is 0 Å². The number of rotatable bonds is 2. The van der Waals surface area contributed by atoms with Gasteiger partial charge in [-0.15, -0.1) is 11.3 Å². The topological polar surface area (TPSA) is 57.7 Å². The van der Waals surface area contributed by atoms with Crippen LogP contribution in [0.3, 0.4) is 0 Å². The smallest absolute Gasteiger partial charge is 0.141 e. The van der Waals surface area contributed by atoms with Crippen molar-refractivity contribution < 1.29 is 0 Å². The van der Waals surface area contributed by atoms with Gasteiger partial charge in [-0.2, -0.15) is 5.10 Å². The van der Waals surface area contributed by atoms with Crippen molar-refractivity contribution in [3.63, 3.8) is 0 Å². The Morgan fingerprint density at radius 2 is 2.23 bits per heavy atom. The van der Waals surface area contributed by atoms with Gasteiger partial charge in [0.2, 0.25) is 0 Å². The van der Waals surface area contributed by atoms with E-state index in [0.717, 1.165) is 36.0 Å². The number of aromatic nitrogens is 4. The van der Waals surface area contributed by atoms with Crippen LogP contribution in [0.1, 0.15) is 41.5 Å². The first kappa shape index (κ1) is 12.6. The molecule has 0 unspecified atom stereocenters. The Hall–Kier alpha value is -1.95. The lowest BCUT2D eigenvalue weighted by molar-refractivity contribution is 0.708. The Morgan fingerprint density at radius 3 is 3.09 bits per heavy atom. The maximum Gasteiger partial charge on any atom is 0.141 e. The molecule has 5 nitrogen and oxygen atoms in total. The van der Waals surface area contributed by atoms with E-state index < -0.39 is 0 Å². The molecule has 2 aliphatic rings. The van der Waals surface area contributed by atoms with Crippen LogP contribution in [0.15, 0.2) is 11.4 Å². The van der Waals surface area contributed by atoms with Crippen LogP contribution >= 0.6 is 11.3 Å². The van der Waals surface area contributed by atoms with Crippen molar-refractivity contribution in [1.82, 2.24) is 20.2 Å². The lowest BCUT2D eigenvalue weighted by Crippen LogP contribution is -2.31. The molecule has 0 amide bonds. The van der Waals surface area contributed by atoms with Gasteiger partial charge in [-0.25, -0.2) is 9.97 Å². The van der Waals surface area contributed by atoms with E-state index >= 15 is 0 Å². The highest BCUT2D eigenvalue weighted by Gasteiger charge is 2.32. The Kier molecular flexibility index (Phi) is 2.59. The highest BCUT2D eigenvalue weighted by molar-refractivity contribution is 7.16. The predicted molar refractivity (Wildman–Crippen MR) is 87.5 cm³/mol. The average molecular weight is 311 g/mol. The summed E-state index contributed by atoms with van der Waals surface area (Å²) in [6.07, 6.45) is 3.60. The number of aromatic amines is 1. The fraction of sp³-hybridized carbons (Fsp3) is 0.438. The SMILES string of the molecule is Cc1nc(N2CCc3[nH]nc(C4CC4)c3C2)c2ccsc2n1. The number of hydrogen-bond acceptors (Lipinski definition) is 5. The molecule has 112 valence electrons. The highest BCUT2D eigenvalue weighted by atomic mass is 32.1. The van der Waals surface area contributed by atoms with Crippen molar-refractivity contribution in [3.05, 3.63) is 34.2 Å². The largest absolute Gasteiger partial charge is 0.351 e. The number of nitrogens with zero attached hydrogens (tertiary/aromatic N) is 4. The van der Waals surface area contributed by atoms with E-state index in [-0.39, 0.29) is 0 Å². The van der Waals surface area contributed by atoms with Crippen LogP contribution in [-0.4, -0.2) is 26.7 Å². The molecule has 3 aromatic heterocycles. The van der Waals surface area contributed by atoms with Crippen molar-refractivity contribution in [1.29, 1.82) is 0 Å². The average Bonchev–Trinajstić information content (AvgIpc) is 3.10. The van der Waals surface area contributed by atoms with Crippen molar-refractivity contribution in [3.8, 4) is 0 Å². The van der Waals surface area contributed by atoms with Gasteiger partial charge >= 0.3 is 0 Å². The molecule has 0 aromatic carbocycles. The molecule has 0 atom stereocenters. The van der Waals surface area contributed by atoms with E-state index in [1.54, 1.807) is 11.3 Å². The zero-order valence-electron chi connectivity index (χ0n) is 12.5. The van der Waals surface area contributed by atoms with E-state index in [2.05, 4.69) is 31.5 Å². The van der Waals surface area contributed by atoms with Gasteiger partial charge in [0.1, 0.15) is 16.5 Å². The Labute approximate surface area is 132 Å². The Morgan fingerprint density at radius 1 is 1.32 bits per heavy atom. The van der Waals surface area contributed by atoms with Crippen molar-refractivity contribution in [2.24, 2.45) is 0 Å². The van der Waals surface area contributed by atoms with E-state index in [1.807, 2.05) is 6.92 Å². The summed E-state index contributed by atoms with van der Waals surface area (Å²) in [5.74, 6) is 2.62. The fourth-order valence-corrected chi connectivity index (χ4v) is 4.18. The maximum absolute atomic E-state index is 4.74. The molecule has 0 radical (unpaired) electrons. The number of aryl methyl sites for hydroxylation is 1. The minimum Gasteiger partial charge on any atom is -0.351 e. The first-order chi connectivity index (χ1) is 10.8. The third-order valence-electron chi connectivity index (χ3n) is 4.65. The van der Waals surface area contributed by atoms with Crippen molar-refractivity contribution in [2.45, 2.75) is 38.6 Å². The lowest BCUT2D eigenvalue weighted by Gasteiger charge is -2.28. The summed E-state index contributed by atoms with van der Waals surface area (Å²) in [5, 5.41) is 11.1. The molecule has 4 heterocycles. The molecule has 1 fully saturated rings. The van der Waals surface area contributed by atoms with Crippen LogP contribution in [0.4, 0.5) is 5.82 Å². The number of hydrogen-bond donors (Lipinski definition) is 1. The molecule has 3 aromatic rings. The first-order valence-corrected chi connectivity index (χ1v) is 8.70. The zero-order valence-corrected chi connectivity index (χ0v) is 13.3. The summed E-state index contributed by atoms with van der Waals surface area (Å²) in [6.45, 7) is 3.88. The summed E-state index contributed by atoms with van der Waals surface area (Å²) in [6, 6.07) is 2.14. The molecule has 0 saturated heterocycles. The molecule has 1 N–H and O–H groups in total. The molecule has 1 aliphatic heterocycles. The minimum atomic E-state index is 0.688. The van der Waals surface area contributed by atoms with Crippen molar-refractivity contribution in [2.75, 3.05) is 11.4 Å². The van der Waals surface area contributed by atoms with E-state index in [9.17, 15) is 0 Å². The normalized spacial score (nSPS) is 18.0. The molecular weight excluding hydrogens is 294 g/mol. The molecule has 5 rings (SSSR count). The number of nitrogens with one attached hydrogen (secondary N) is 1. The lowest BCUT2D eigenvalue weighted by atomic mass is 10.0. The zero-order chi connectivity index (χ0) is 14.7. The third-order valence-corrected chi connectivity index (χ3v) is 5.45. The Bertz CT molecular complexity index is 861. The van der Waals surface area contributed by atoms with Crippen molar-refractivity contribution >= 4 is 27.4 Å². The van der Waals surface area contributed by atoms with Gasteiger partial charge < -0.3 is 4.90 Å². The second-order valence-corrected chi connectivity index (χ2v) is 7.14. The second-order valence-electron chi connectivity index (χ2n) is 6.25. The van der Waals surface area contributed by atoms with Gasteiger partial charge in [0.05, 0.1) is 11.1 Å². The van der Waals surface area contributed by atoms with Crippen LogP contribution in [0.25, 0.3) is 10.2 Å². The third kappa shape index (κ3) is 1.86. The highest BCUT2D eigenvalue weighted by Crippen LogP contribution is 2.42. The number of thiophene rings is 1. The standard InChI is InChI=1S/C16H17N5S/c1-9-17-15(11-5-7-22-16(11)18-9)21-6-4-13-12(8-21)14(20-19-13)10-2-3-10/h5,7,10H,2-4,6,8H2,1H3,(H,19,20). The van der Waals surface area contributed by atoms with E-state index in [1.165, 1.54) is 35.2 Å². The van der Waals surface area contributed by atoms with Crippen LogP contribution < -0.4 is 4.90 Å². The van der Waals surface area contributed by atoms with Gasteiger partial charge in [-0.3, -0.25) is 5.10 Å². The molecule has 6 heteroatoms. The number of H-pyrrole nitrogens is 1. The monoisotopic (exact) mass is 311 g/mol. The summed E-state index contributed by atoms with van der Waals surface area (Å²) < 4.78 is 0. The maximum atomic E-state index is 4.74. The summed E-state index contributed by atoms with van der Waals surface area (Å²) in [4.78, 5) is 12.8. The van der Waals surface area contributed by atoms with Gasteiger partial charge in [0, 0.05) is 36.7 Å². The van der Waals surface area contributed by atoms with Gasteiger partial charge in [0.25, 0.3) is 0 Å². The predicted octanol–water partition coefficient (Wildman–Crippen LogP) is 3.16. The summed E-state index contributed by atoms with van der Waals surface area (Å²) >= 11 is 1.69. The number of fused-ring (bicyclic) bond motifs is 2. The summed E-state index contributed by atoms with van der Waals surface area (Å²) in [5.41, 5.74) is 4.03. The first-order valence-electron chi connectivity index (χ1n) is 7.82.